The number of ether oxygens (including phenoxy) is 2. The van der Waals surface area contributed by atoms with E-state index in [9.17, 15) is 9.46 Å². The van der Waals surface area contributed by atoms with E-state index in [0.717, 1.165) is 53.0 Å². The van der Waals surface area contributed by atoms with Crippen LogP contribution in [-0.2, 0) is 21.9 Å². The average Bonchev–Trinajstić information content (AvgIpc) is 2.71. The molecule has 0 spiro atoms. The van der Waals surface area contributed by atoms with Crippen LogP contribution in [0.5, 0.6) is 11.5 Å². The van der Waals surface area contributed by atoms with Crippen molar-refractivity contribution in [3.05, 3.63) is 52.6 Å². The van der Waals surface area contributed by atoms with Gasteiger partial charge in [0.25, 0.3) is 0 Å². The van der Waals surface area contributed by atoms with Crippen molar-refractivity contribution in [2.45, 2.75) is 53.4 Å². The van der Waals surface area contributed by atoms with E-state index in [4.69, 9.17) is 14.0 Å². The fourth-order valence-electron chi connectivity index (χ4n) is 3.28. The van der Waals surface area contributed by atoms with Gasteiger partial charge in [0.1, 0.15) is 11.5 Å². The van der Waals surface area contributed by atoms with Gasteiger partial charge < -0.3 is 23.5 Å². The van der Waals surface area contributed by atoms with Crippen molar-refractivity contribution < 1.29 is 74.8 Å². The Labute approximate surface area is 223 Å². The van der Waals surface area contributed by atoms with E-state index in [-0.39, 0.29) is 56.7 Å². The van der Waals surface area contributed by atoms with Crippen molar-refractivity contribution in [1.82, 2.24) is 0 Å². The van der Waals surface area contributed by atoms with Crippen LogP contribution >= 0.6 is 7.60 Å². The van der Waals surface area contributed by atoms with Crippen LogP contribution in [0.4, 0.5) is 0 Å². The summed E-state index contributed by atoms with van der Waals surface area (Å²) in [5.74, 6) is 1.62. The second-order valence-electron chi connectivity index (χ2n) is 7.06. The van der Waals surface area contributed by atoms with Gasteiger partial charge in [-0.15, -0.1) is 0 Å². The summed E-state index contributed by atoms with van der Waals surface area (Å²) in [7, 11) is -2.93. The molecule has 0 bridgehead atoms. The zero-order chi connectivity index (χ0) is 21.4. The molecule has 0 aliphatic rings. The Bertz CT molecular complexity index is 869. The third kappa shape index (κ3) is 7.18. The monoisotopic (exact) mass is 458 g/mol. The van der Waals surface area contributed by atoms with E-state index in [1.807, 2.05) is 26.0 Å². The number of hydrogen-bond donors (Lipinski definition) is 0. The SMILES string of the molecule is CCCOc1c(C)cc(P(=O)([O-])OC)cc1Cc1cccc(CC)c1OCCC.[K+]. The van der Waals surface area contributed by atoms with Crippen molar-refractivity contribution in [3.8, 4) is 11.5 Å². The molecule has 0 N–H and O–H groups in total. The molecule has 0 aliphatic heterocycles. The Morgan fingerprint density at radius 1 is 0.933 bits per heavy atom. The second kappa shape index (κ2) is 13.4. The van der Waals surface area contributed by atoms with Crippen molar-refractivity contribution in [2.24, 2.45) is 0 Å². The molecule has 0 amide bonds. The van der Waals surface area contributed by atoms with E-state index in [1.54, 1.807) is 12.1 Å². The van der Waals surface area contributed by atoms with Gasteiger partial charge in [-0.3, -0.25) is 0 Å². The summed E-state index contributed by atoms with van der Waals surface area (Å²) in [6.45, 7) is 9.30. The zero-order valence-corrected chi connectivity index (χ0v) is 23.1. The maximum absolute atomic E-state index is 12.3. The summed E-state index contributed by atoms with van der Waals surface area (Å²) < 4.78 is 29.1. The van der Waals surface area contributed by atoms with Crippen molar-refractivity contribution in [1.29, 1.82) is 0 Å². The topological polar surface area (TPSA) is 67.8 Å². The molecular formula is C23H32KO5P. The quantitative estimate of drug-likeness (QED) is 0.378. The van der Waals surface area contributed by atoms with Crippen LogP contribution in [0.25, 0.3) is 0 Å². The van der Waals surface area contributed by atoms with Gasteiger partial charge in [0.05, 0.1) is 13.2 Å². The number of benzene rings is 2. The molecule has 1 unspecified atom stereocenters. The molecular weight excluding hydrogens is 426 g/mol. The molecule has 0 fully saturated rings. The minimum absolute atomic E-state index is 0. The van der Waals surface area contributed by atoms with E-state index in [2.05, 4.69) is 19.9 Å². The number of para-hydroxylation sites is 1. The van der Waals surface area contributed by atoms with E-state index < -0.39 is 7.60 Å². The summed E-state index contributed by atoms with van der Waals surface area (Å²) in [6, 6.07) is 9.40. The fourth-order valence-corrected chi connectivity index (χ4v) is 4.16. The third-order valence-corrected chi connectivity index (χ3v) is 6.11. The summed E-state index contributed by atoms with van der Waals surface area (Å²) in [4.78, 5) is 12.3. The van der Waals surface area contributed by atoms with Crippen LogP contribution in [0.3, 0.4) is 0 Å². The Hall–Kier alpha value is -0.174. The van der Waals surface area contributed by atoms with Crippen molar-refractivity contribution in [2.75, 3.05) is 20.3 Å². The first-order valence-electron chi connectivity index (χ1n) is 10.2. The average molecular weight is 459 g/mol. The van der Waals surface area contributed by atoms with Gasteiger partial charge in [-0.2, -0.15) is 0 Å². The largest absolute Gasteiger partial charge is 1.00 e. The maximum Gasteiger partial charge on any atom is 1.00 e. The molecule has 5 nitrogen and oxygen atoms in total. The maximum atomic E-state index is 12.3. The molecule has 0 radical (unpaired) electrons. The molecule has 0 saturated carbocycles. The Morgan fingerprint density at radius 3 is 2.10 bits per heavy atom. The van der Waals surface area contributed by atoms with E-state index >= 15 is 0 Å². The van der Waals surface area contributed by atoms with E-state index in [0.29, 0.717) is 19.6 Å². The second-order valence-corrected chi connectivity index (χ2v) is 8.94. The molecule has 30 heavy (non-hydrogen) atoms. The molecule has 160 valence electrons. The summed E-state index contributed by atoms with van der Waals surface area (Å²) in [5.41, 5.74) is 3.76. The Kier molecular flexibility index (Phi) is 12.4. The molecule has 2 aromatic carbocycles. The van der Waals surface area contributed by atoms with Gasteiger partial charge in [-0.1, -0.05) is 39.0 Å². The van der Waals surface area contributed by atoms with Crippen LogP contribution in [-0.4, -0.2) is 20.3 Å². The van der Waals surface area contributed by atoms with Gasteiger partial charge in [0.15, 0.2) is 7.60 Å². The van der Waals surface area contributed by atoms with Gasteiger partial charge in [0.2, 0.25) is 0 Å². The Balaban J connectivity index is 0.00000450. The number of aryl methyl sites for hydroxylation is 2. The summed E-state index contributed by atoms with van der Waals surface area (Å²) in [6.07, 6.45) is 3.17. The van der Waals surface area contributed by atoms with Gasteiger partial charge in [-0.25, -0.2) is 0 Å². The zero-order valence-electron chi connectivity index (χ0n) is 19.1. The molecule has 7 heteroatoms. The van der Waals surface area contributed by atoms with Crippen LogP contribution in [0.1, 0.15) is 55.9 Å². The van der Waals surface area contributed by atoms with Crippen molar-refractivity contribution >= 4 is 12.9 Å². The third-order valence-electron chi connectivity index (χ3n) is 4.73. The van der Waals surface area contributed by atoms with E-state index in [1.165, 1.54) is 7.11 Å². The standard InChI is InChI=1S/C23H33O5P.K/c1-6-12-27-22-17(4)14-21(29(24,25)26-5)16-20(22)15-19-11-9-10-18(8-3)23(19)28-13-7-2;/h9-11,14,16H,6-8,12-13,15H2,1-5H3,(H,24,25);/q;+1/p-1. The normalized spacial score (nSPS) is 12.7. The molecule has 2 aromatic rings. The smallest absolute Gasteiger partial charge is 0.775 e. The Morgan fingerprint density at radius 2 is 1.53 bits per heavy atom. The number of hydrogen-bond acceptors (Lipinski definition) is 5. The first-order valence-corrected chi connectivity index (χ1v) is 11.8. The van der Waals surface area contributed by atoms with Crippen LogP contribution in [0, 0.1) is 6.92 Å². The fraction of sp³-hybridized carbons (Fsp3) is 0.478. The predicted molar refractivity (Wildman–Crippen MR) is 116 cm³/mol. The minimum Gasteiger partial charge on any atom is -0.775 e. The van der Waals surface area contributed by atoms with Gasteiger partial charge in [0, 0.05) is 18.8 Å². The van der Waals surface area contributed by atoms with Crippen LogP contribution in [0.15, 0.2) is 30.3 Å². The minimum atomic E-state index is -4.11. The van der Waals surface area contributed by atoms with Crippen molar-refractivity contribution in [3.63, 3.8) is 0 Å². The first kappa shape index (κ1) is 27.9. The molecule has 0 aromatic heterocycles. The van der Waals surface area contributed by atoms with Crippen LogP contribution in [0.2, 0.25) is 0 Å². The molecule has 0 aliphatic carbocycles. The predicted octanol–water partition coefficient (Wildman–Crippen LogP) is 1.55. The van der Waals surface area contributed by atoms with Crippen LogP contribution < -0.4 is 71.1 Å². The molecule has 1 atom stereocenters. The number of rotatable bonds is 11. The first-order chi connectivity index (χ1) is 13.9. The molecule has 0 saturated heterocycles. The van der Waals surface area contributed by atoms with Gasteiger partial charge in [-0.05, 0) is 60.6 Å². The summed E-state index contributed by atoms with van der Waals surface area (Å²) >= 11 is 0. The summed E-state index contributed by atoms with van der Waals surface area (Å²) in [5, 5.41) is 0.166. The molecule has 0 heterocycles. The molecule has 2 rings (SSSR count). The van der Waals surface area contributed by atoms with Gasteiger partial charge >= 0.3 is 51.4 Å².